The van der Waals surface area contributed by atoms with Gasteiger partial charge in [0, 0.05) is 11.0 Å². The van der Waals surface area contributed by atoms with Crippen LogP contribution in [0, 0.1) is 0 Å². The van der Waals surface area contributed by atoms with Gasteiger partial charge in [0.25, 0.3) is 0 Å². The molecule has 0 bridgehead atoms. The van der Waals surface area contributed by atoms with Crippen LogP contribution in [0.25, 0.3) is 0 Å². The molecule has 2 rings (SSSR count). The molecule has 0 atom stereocenters. The molecule has 0 aliphatic heterocycles. The summed E-state index contributed by atoms with van der Waals surface area (Å²) in [6, 6.07) is 15.5. The summed E-state index contributed by atoms with van der Waals surface area (Å²) in [5.74, 6) is 1.63. The van der Waals surface area contributed by atoms with E-state index in [1.165, 1.54) is 0 Å². The van der Waals surface area contributed by atoms with Gasteiger partial charge in [0.05, 0.1) is 0 Å². The second-order valence-corrected chi connectivity index (χ2v) is 4.32. The fourth-order valence-electron chi connectivity index (χ4n) is 1.36. The zero-order valence-electron chi connectivity index (χ0n) is 8.69. The molecule has 0 aromatic heterocycles. The molecule has 2 aromatic rings. The Hall–Kier alpha value is -1.32. The van der Waals surface area contributed by atoms with Gasteiger partial charge in [-0.3, -0.25) is 0 Å². The molecular weight excluding hydrogens is 266 g/mol. The minimum absolute atomic E-state index is 0.553. The average Bonchev–Trinajstić information content (AvgIpc) is 2.30. The lowest BCUT2D eigenvalue weighted by Gasteiger charge is -2.06. The van der Waals surface area contributed by atoms with E-state index in [2.05, 4.69) is 15.9 Å². The first kappa shape index (κ1) is 11.2. The minimum Gasteiger partial charge on any atom is -0.457 e. The molecule has 0 unspecified atom stereocenters. The van der Waals surface area contributed by atoms with E-state index in [9.17, 15) is 0 Å². The summed E-state index contributed by atoms with van der Waals surface area (Å²) in [7, 11) is 0. The second-order valence-electron chi connectivity index (χ2n) is 3.41. The molecule has 0 heterocycles. The third kappa shape index (κ3) is 2.84. The first-order valence-electron chi connectivity index (χ1n) is 5.00. The first-order chi connectivity index (χ1) is 7.78. The molecule has 0 aliphatic carbocycles. The summed E-state index contributed by atoms with van der Waals surface area (Å²) >= 11 is 3.40. The molecule has 0 aliphatic rings. The third-order valence-electron chi connectivity index (χ3n) is 2.19. The van der Waals surface area contributed by atoms with Crippen molar-refractivity contribution in [1.82, 2.24) is 0 Å². The van der Waals surface area contributed by atoms with E-state index in [-0.39, 0.29) is 0 Å². The Labute approximate surface area is 103 Å². The Bertz CT molecular complexity index is 468. The molecule has 2 nitrogen and oxygen atoms in total. The predicted molar refractivity (Wildman–Crippen MR) is 68.5 cm³/mol. The molecule has 2 N–H and O–H groups in total. The van der Waals surface area contributed by atoms with Gasteiger partial charge in [0.15, 0.2) is 0 Å². The highest BCUT2D eigenvalue weighted by Crippen LogP contribution is 2.24. The Morgan fingerprint density at radius 2 is 1.75 bits per heavy atom. The summed E-state index contributed by atoms with van der Waals surface area (Å²) in [6.07, 6.45) is 0. The normalized spacial score (nSPS) is 10.1. The van der Waals surface area contributed by atoms with Gasteiger partial charge in [-0.2, -0.15) is 0 Å². The van der Waals surface area contributed by atoms with Gasteiger partial charge in [-0.15, -0.1) is 0 Å². The van der Waals surface area contributed by atoms with Crippen molar-refractivity contribution in [3.05, 3.63) is 58.6 Å². The molecule has 0 amide bonds. The molecule has 3 heteroatoms. The Morgan fingerprint density at radius 1 is 1.00 bits per heavy atom. The van der Waals surface area contributed by atoms with E-state index in [0.717, 1.165) is 21.5 Å². The number of hydrogen-bond acceptors (Lipinski definition) is 2. The van der Waals surface area contributed by atoms with Crippen molar-refractivity contribution in [2.45, 2.75) is 6.54 Å². The number of halogens is 1. The molecule has 0 fully saturated rings. The molecule has 2 aromatic carbocycles. The van der Waals surface area contributed by atoms with Gasteiger partial charge in [-0.05, 0) is 35.9 Å². The summed E-state index contributed by atoms with van der Waals surface area (Å²) in [6.45, 7) is 0.553. The number of rotatable bonds is 3. The summed E-state index contributed by atoms with van der Waals surface area (Å²) in [4.78, 5) is 0. The Balaban J connectivity index is 2.14. The van der Waals surface area contributed by atoms with Gasteiger partial charge in [0.2, 0.25) is 0 Å². The van der Waals surface area contributed by atoms with Gasteiger partial charge in [-0.25, -0.2) is 0 Å². The fraction of sp³-hybridized carbons (Fsp3) is 0.0769. The van der Waals surface area contributed by atoms with Crippen LogP contribution < -0.4 is 10.5 Å². The maximum atomic E-state index is 5.69. The highest BCUT2D eigenvalue weighted by atomic mass is 79.9. The van der Waals surface area contributed by atoms with Crippen LogP contribution in [0.1, 0.15) is 5.56 Å². The van der Waals surface area contributed by atoms with Crippen LogP contribution in [0.15, 0.2) is 53.0 Å². The van der Waals surface area contributed by atoms with E-state index >= 15 is 0 Å². The van der Waals surface area contributed by atoms with Crippen molar-refractivity contribution in [2.75, 3.05) is 0 Å². The van der Waals surface area contributed by atoms with Crippen molar-refractivity contribution in [1.29, 1.82) is 0 Å². The number of benzene rings is 2. The van der Waals surface area contributed by atoms with Gasteiger partial charge in [-0.1, -0.05) is 34.1 Å². The molecule has 0 spiro atoms. The molecular formula is C13H12BrNO. The van der Waals surface area contributed by atoms with Crippen molar-refractivity contribution < 1.29 is 4.74 Å². The third-order valence-corrected chi connectivity index (χ3v) is 2.68. The molecule has 16 heavy (non-hydrogen) atoms. The van der Waals surface area contributed by atoms with Crippen LogP contribution in [0.4, 0.5) is 0 Å². The van der Waals surface area contributed by atoms with E-state index in [1.54, 1.807) is 0 Å². The van der Waals surface area contributed by atoms with E-state index in [1.807, 2.05) is 48.5 Å². The highest BCUT2D eigenvalue weighted by molar-refractivity contribution is 9.10. The largest absolute Gasteiger partial charge is 0.457 e. The zero-order valence-corrected chi connectivity index (χ0v) is 10.3. The van der Waals surface area contributed by atoms with Gasteiger partial charge in [0.1, 0.15) is 11.5 Å². The highest BCUT2D eigenvalue weighted by Gasteiger charge is 1.97. The van der Waals surface area contributed by atoms with Crippen LogP contribution in [-0.4, -0.2) is 0 Å². The van der Waals surface area contributed by atoms with Gasteiger partial charge >= 0.3 is 0 Å². The van der Waals surface area contributed by atoms with E-state index in [4.69, 9.17) is 10.5 Å². The molecule has 0 saturated carbocycles. The lowest BCUT2D eigenvalue weighted by molar-refractivity contribution is 0.482. The van der Waals surface area contributed by atoms with Crippen LogP contribution in [-0.2, 0) is 6.54 Å². The quantitative estimate of drug-likeness (QED) is 0.929. The average molecular weight is 278 g/mol. The molecule has 82 valence electrons. The van der Waals surface area contributed by atoms with Gasteiger partial charge < -0.3 is 10.5 Å². The number of hydrogen-bond donors (Lipinski definition) is 1. The summed E-state index contributed by atoms with van der Waals surface area (Å²) in [5, 5.41) is 0. The van der Waals surface area contributed by atoms with E-state index in [0.29, 0.717) is 6.54 Å². The topological polar surface area (TPSA) is 35.2 Å². The maximum Gasteiger partial charge on any atom is 0.128 e. The van der Waals surface area contributed by atoms with Crippen LogP contribution in [0.5, 0.6) is 11.5 Å². The first-order valence-corrected chi connectivity index (χ1v) is 5.79. The summed E-state index contributed by atoms with van der Waals surface area (Å²) in [5.41, 5.74) is 6.62. The second kappa shape index (κ2) is 5.14. The number of ether oxygens (including phenoxy) is 1. The summed E-state index contributed by atoms with van der Waals surface area (Å²) < 4.78 is 6.69. The zero-order chi connectivity index (χ0) is 11.4. The Morgan fingerprint density at radius 3 is 2.38 bits per heavy atom. The van der Waals surface area contributed by atoms with Crippen molar-refractivity contribution in [3.63, 3.8) is 0 Å². The monoisotopic (exact) mass is 277 g/mol. The van der Waals surface area contributed by atoms with Crippen molar-refractivity contribution in [3.8, 4) is 11.5 Å². The standard InChI is InChI=1S/C13H12BrNO/c14-11-2-1-3-13(8-11)16-12-6-4-10(9-15)5-7-12/h1-8H,9,15H2. The lowest BCUT2D eigenvalue weighted by atomic mass is 10.2. The maximum absolute atomic E-state index is 5.69. The lowest BCUT2D eigenvalue weighted by Crippen LogP contribution is -1.95. The van der Waals surface area contributed by atoms with E-state index < -0.39 is 0 Å². The minimum atomic E-state index is 0.553. The molecule has 0 saturated heterocycles. The Kier molecular flexibility index (Phi) is 3.59. The number of nitrogens with two attached hydrogens (primary N) is 1. The van der Waals surface area contributed by atoms with Crippen LogP contribution in [0.3, 0.4) is 0 Å². The molecule has 0 radical (unpaired) electrons. The fourth-order valence-corrected chi connectivity index (χ4v) is 1.74. The van der Waals surface area contributed by atoms with Crippen LogP contribution in [0.2, 0.25) is 0 Å². The SMILES string of the molecule is NCc1ccc(Oc2cccc(Br)c2)cc1. The van der Waals surface area contributed by atoms with Crippen LogP contribution >= 0.6 is 15.9 Å². The van der Waals surface area contributed by atoms with Crippen molar-refractivity contribution in [2.24, 2.45) is 5.73 Å². The predicted octanol–water partition coefficient (Wildman–Crippen LogP) is 3.70. The van der Waals surface area contributed by atoms with Crippen molar-refractivity contribution >= 4 is 15.9 Å². The smallest absolute Gasteiger partial charge is 0.128 e.